The van der Waals surface area contributed by atoms with Gasteiger partial charge in [0, 0.05) is 24.2 Å². The van der Waals surface area contributed by atoms with E-state index >= 15 is 0 Å². The van der Waals surface area contributed by atoms with Crippen LogP contribution in [-0.4, -0.2) is 25.2 Å². The van der Waals surface area contributed by atoms with E-state index in [0.29, 0.717) is 17.8 Å². The standard InChI is InChI=1S/C13H20N2O/c1-14-12-6-4-3-5-11(12)10-7-8-13(16-2)15-9-10/h7-9,11-12,14H,3-6H2,1-2H3. The number of nitrogens with zero attached hydrogens (tertiary/aromatic N) is 1. The molecule has 2 unspecified atom stereocenters. The van der Waals surface area contributed by atoms with Crippen molar-refractivity contribution in [1.82, 2.24) is 10.3 Å². The Morgan fingerprint density at radius 3 is 2.75 bits per heavy atom. The van der Waals surface area contributed by atoms with Crippen LogP contribution in [0.1, 0.15) is 37.2 Å². The third-order valence-corrected chi connectivity index (χ3v) is 3.53. The lowest BCUT2D eigenvalue weighted by Crippen LogP contribution is -2.34. The number of methoxy groups -OCH3 is 1. The number of rotatable bonds is 3. The van der Waals surface area contributed by atoms with Crippen LogP contribution in [0.4, 0.5) is 0 Å². The van der Waals surface area contributed by atoms with Gasteiger partial charge in [0.15, 0.2) is 0 Å². The van der Waals surface area contributed by atoms with Crippen LogP contribution in [0.5, 0.6) is 5.88 Å². The van der Waals surface area contributed by atoms with Gasteiger partial charge in [-0.1, -0.05) is 18.9 Å². The minimum atomic E-state index is 0.601. The molecule has 16 heavy (non-hydrogen) atoms. The maximum absolute atomic E-state index is 5.08. The summed E-state index contributed by atoms with van der Waals surface area (Å²) in [6.07, 6.45) is 7.16. The Bertz CT molecular complexity index is 323. The normalized spacial score (nSPS) is 25.4. The lowest BCUT2D eigenvalue weighted by atomic mass is 9.80. The van der Waals surface area contributed by atoms with Gasteiger partial charge in [-0.3, -0.25) is 0 Å². The number of hydrogen-bond donors (Lipinski definition) is 1. The van der Waals surface area contributed by atoms with Gasteiger partial charge in [-0.25, -0.2) is 4.98 Å². The largest absolute Gasteiger partial charge is 0.481 e. The third kappa shape index (κ3) is 2.35. The molecule has 0 bridgehead atoms. The number of nitrogens with one attached hydrogen (secondary N) is 1. The summed E-state index contributed by atoms with van der Waals surface area (Å²) in [5.41, 5.74) is 1.33. The molecule has 1 aromatic heterocycles. The van der Waals surface area contributed by atoms with E-state index in [1.165, 1.54) is 31.2 Å². The fraction of sp³-hybridized carbons (Fsp3) is 0.615. The van der Waals surface area contributed by atoms with Crippen LogP contribution in [0.2, 0.25) is 0 Å². The van der Waals surface area contributed by atoms with E-state index in [4.69, 9.17) is 4.74 Å². The van der Waals surface area contributed by atoms with Gasteiger partial charge < -0.3 is 10.1 Å². The predicted molar refractivity (Wildman–Crippen MR) is 64.8 cm³/mol. The number of likely N-dealkylation sites (N-methyl/N-ethyl adjacent to an activating group) is 1. The van der Waals surface area contributed by atoms with Crippen molar-refractivity contribution in [1.29, 1.82) is 0 Å². The molecule has 1 fully saturated rings. The molecule has 0 aromatic carbocycles. The minimum absolute atomic E-state index is 0.601. The van der Waals surface area contributed by atoms with Crippen molar-refractivity contribution in [3.8, 4) is 5.88 Å². The van der Waals surface area contributed by atoms with Gasteiger partial charge in [0.25, 0.3) is 0 Å². The molecular weight excluding hydrogens is 200 g/mol. The van der Waals surface area contributed by atoms with Gasteiger partial charge in [-0.2, -0.15) is 0 Å². The van der Waals surface area contributed by atoms with Crippen LogP contribution in [0.15, 0.2) is 18.3 Å². The monoisotopic (exact) mass is 220 g/mol. The lowest BCUT2D eigenvalue weighted by Gasteiger charge is -2.31. The number of ether oxygens (including phenoxy) is 1. The number of hydrogen-bond acceptors (Lipinski definition) is 3. The Morgan fingerprint density at radius 1 is 1.31 bits per heavy atom. The average Bonchev–Trinajstić information content (AvgIpc) is 2.39. The molecule has 0 spiro atoms. The Hall–Kier alpha value is -1.09. The topological polar surface area (TPSA) is 34.1 Å². The molecule has 0 radical (unpaired) electrons. The van der Waals surface area contributed by atoms with Crippen LogP contribution >= 0.6 is 0 Å². The van der Waals surface area contributed by atoms with Crippen molar-refractivity contribution in [2.45, 2.75) is 37.6 Å². The smallest absolute Gasteiger partial charge is 0.212 e. The van der Waals surface area contributed by atoms with E-state index < -0.39 is 0 Å². The van der Waals surface area contributed by atoms with Crippen LogP contribution in [0.3, 0.4) is 0 Å². The summed E-state index contributed by atoms with van der Waals surface area (Å²) >= 11 is 0. The molecular formula is C13H20N2O. The second-order valence-corrected chi connectivity index (χ2v) is 4.42. The highest BCUT2D eigenvalue weighted by molar-refractivity contribution is 5.23. The fourth-order valence-electron chi connectivity index (χ4n) is 2.61. The Balaban J connectivity index is 2.14. The maximum atomic E-state index is 5.08. The molecule has 88 valence electrons. The average molecular weight is 220 g/mol. The van der Waals surface area contributed by atoms with Crippen LogP contribution < -0.4 is 10.1 Å². The van der Waals surface area contributed by atoms with E-state index in [0.717, 1.165) is 0 Å². The van der Waals surface area contributed by atoms with Gasteiger partial charge in [0.05, 0.1) is 7.11 Å². The zero-order chi connectivity index (χ0) is 11.4. The molecule has 2 rings (SSSR count). The lowest BCUT2D eigenvalue weighted by molar-refractivity contribution is 0.342. The molecule has 1 N–H and O–H groups in total. The number of pyridine rings is 1. The summed E-state index contributed by atoms with van der Waals surface area (Å²) in [7, 11) is 3.71. The highest BCUT2D eigenvalue weighted by Crippen LogP contribution is 2.32. The Morgan fingerprint density at radius 2 is 2.12 bits per heavy atom. The van der Waals surface area contributed by atoms with Gasteiger partial charge >= 0.3 is 0 Å². The number of aromatic nitrogens is 1. The summed E-state index contributed by atoms with van der Waals surface area (Å²) in [5.74, 6) is 1.30. The molecule has 1 heterocycles. The molecule has 3 heteroatoms. The van der Waals surface area contributed by atoms with Crippen molar-refractivity contribution in [2.24, 2.45) is 0 Å². The Labute approximate surface area is 97.2 Å². The summed E-state index contributed by atoms with van der Waals surface area (Å²) < 4.78 is 5.08. The SMILES string of the molecule is CNC1CCCCC1c1ccc(OC)nc1. The first-order chi connectivity index (χ1) is 7.85. The van der Waals surface area contributed by atoms with Gasteiger partial charge in [-0.05, 0) is 25.5 Å². The van der Waals surface area contributed by atoms with Gasteiger partial charge in [-0.15, -0.1) is 0 Å². The first-order valence-corrected chi connectivity index (χ1v) is 6.02. The van der Waals surface area contributed by atoms with Crippen molar-refractivity contribution in [3.05, 3.63) is 23.9 Å². The van der Waals surface area contributed by atoms with E-state index in [9.17, 15) is 0 Å². The predicted octanol–water partition coefficient (Wildman–Crippen LogP) is 2.34. The summed E-state index contributed by atoms with van der Waals surface area (Å²) in [6.45, 7) is 0. The van der Waals surface area contributed by atoms with E-state index in [-0.39, 0.29) is 0 Å². The van der Waals surface area contributed by atoms with Crippen molar-refractivity contribution in [3.63, 3.8) is 0 Å². The molecule has 0 saturated heterocycles. The molecule has 1 saturated carbocycles. The quantitative estimate of drug-likeness (QED) is 0.849. The zero-order valence-electron chi connectivity index (χ0n) is 10.1. The first kappa shape index (κ1) is 11.4. The highest BCUT2D eigenvalue weighted by Gasteiger charge is 2.25. The molecule has 1 aromatic rings. The molecule has 1 aliphatic rings. The fourth-order valence-corrected chi connectivity index (χ4v) is 2.61. The maximum Gasteiger partial charge on any atom is 0.212 e. The molecule has 2 atom stereocenters. The van der Waals surface area contributed by atoms with Crippen LogP contribution in [-0.2, 0) is 0 Å². The first-order valence-electron chi connectivity index (χ1n) is 6.02. The van der Waals surface area contributed by atoms with Gasteiger partial charge in [0.2, 0.25) is 5.88 Å². The molecule has 1 aliphatic carbocycles. The van der Waals surface area contributed by atoms with E-state index in [2.05, 4.69) is 23.4 Å². The summed E-state index contributed by atoms with van der Waals surface area (Å²) in [6, 6.07) is 4.70. The molecule has 0 aliphatic heterocycles. The second-order valence-electron chi connectivity index (χ2n) is 4.42. The summed E-state index contributed by atoms with van der Waals surface area (Å²) in [4.78, 5) is 4.29. The molecule has 0 amide bonds. The zero-order valence-corrected chi connectivity index (χ0v) is 10.1. The van der Waals surface area contributed by atoms with Crippen molar-refractivity contribution < 1.29 is 4.74 Å². The van der Waals surface area contributed by atoms with Crippen molar-refractivity contribution in [2.75, 3.05) is 14.2 Å². The van der Waals surface area contributed by atoms with Crippen molar-refractivity contribution >= 4 is 0 Å². The third-order valence-electron chi connectivity index (χ3n) is 3.53. The minimum Gasteiger partial charge on any atom is -0.481 e. The highest BCUT2D eigenvalue weighted by atomic mass is 16.5. The van der Waals surface area contributed by atoms with Crippen LogP contribution in [0.25, 0.3) is 0 Å². The van der Waals surface area contributed by atoms with E-state index in [1.807, 2.05) is 12.3 Å². The van der Waals surface area contributed by atoms with E-state index in [1.54, 1.807) is 7.11 Å². The Kier molecular flexibility index (Phi) is 3.78. The van der Waals surface area contributed by atoms with Crippen LogP contribution in [0, 0.1) is 0 Å². The molecule has 3 nitrogen and oxygen atoms in total. The van der Waals surface area contributed by atoms with Gasteiger partial charge in [0.1, 0.15) is 0 Å². The second kappa shape index (κ2) is 5.30. The summed E-state index contributed by atoms with van der Waals surface area (Å²) in [5, 5.41) is 3.42.